The Morgan fingerprint density at radius 3 is 1.94 bits per heavy atom. The van der Waals surface area contributed by atoms with Crippen molar-refractivity contribution in [3.63, 3.8) is 0 Å². The van der Waals surface area contributed by atoms with E-state index >= 15 is 0 Å². The molecule has 1 aromatic carbocycles. The first-order valence-electron chi connectivity index (χ1n) is 5.96. The van der Waals surface area contributed by atoms with Gasteiger partial charge in [0.1, 0.15) is 0 Å². The fourth-order valence-electron chi connectivity index (χ4n) is 1.98. The van der Waals surface area contributed by atoms with Crippen molar-refractivity contribution in [1.82, 2.24) is 0 Å². The number of rotatable bonds is 5. The van der Waals surface area contributed by atoms with Gasteiger partial charge in [0.2, 0.25) is 0 Å². The van der Waals surface area contributed by atoms with Gasteiger partial charge >= 0.3 is 0 Å². The summed E-state index contributed by atoms with van der Waals surface area (Å²) in [5.74, 6) is 0. The molecule has 18 heavy (non-hydrogen) atoms. The Labute approximate surface area is 108 Å². The van der Waals surface area contributed by atoms with Crippen molar-refractivity contribution in [3.8, 4) is 0 Å². The summed E-state index contributed by atoms with van der Waals surface area (Å²) in [4.78, 5) is 2.60. The molecule has 0 saturated carbocycles. The Balaban J connectivity index is 3.65. The maximum absolute atomic E-state index is 12.0. The van der Waals surface area contributed by atoms with E-state index in [9.17, 15) is 8.42 Å². The highest BCUT2D eigenvalue weighted by atomic mass is 32.2. The zero-order chi connectivity index (χ0) is 13.8. The lowest BCUT2D eigenvalue weighted by molar-refractivity contribution is 0.595. The second-order valence-corrected chi connectivity index (χ2v) is 5.47. The van der Waals surface area contributed by atoms with Gasteiger partial charge < -0.3 is 0 Å². The van der Waals surface area contributed by atoms with Gasteiger partial charge in [-0.2, -0.15) is 0 Å². The first kappa shape index (κ1) is 14.5. The molecule has 6 heteroatoms. The highest BCUT2D eigenvalue weighted by Crippen LogP contribution is 2.26. The summed E-state index contributed by atoms with van der Waals surface area (Å²) in [5, 5.41) is 0. The Morgan fingerprint density at radius 1 is 1.11 bits per heavy atom. The van der Waals surface area contributed by atoms with E-state index in [-0.39, 0.29) is 4.90 Å². The molecular formula is C12H17N3O2S. The van der Waals surface area contributed by atoms with Crippen molar-refractivity contribution >= 4 is 10.0 Å². The third-order valence-corrected chi connectivity index (χ3v) is 4.20. The second kappa shape index (κ2) is 5.89. The van der Waals surface area contributed by atoms with Crippen LogP contribution in [-0.4, -0.2) is 8.42 Å². The average Bonchev–Trinajstić information content (AvgIpc) is 2.36. The molecule has 0 N–H and O–H groups in total. The molecular weight excluding hydrogens is 250 g/mol. The average molecular weight is 267 g/mol. The molecule has 0 radical (unpaired) electrons. The third-order valence-electron chi connectivity index (χ3n) is 2.87. The van der Waals surface area contributed by atoms with E-state index in [2.05, 4.69) is 9.43 Å². The molecule has 0 spiro atoms. The van der Waals surface area contributed by atoms with Crippen molar-refractivity contribution in [2.75, 3.05) is 0 Å². The van der Waals surface area contributed by atoms with E-state index in [1.165, 1.54) is 0 Å². The van der Waals surface area contributed by atoms with Gasteiger partial charge in [-0.25, -0.2) is 8.42 Å². The molecule has 0 saturated heterocycles. The van der Waals surface area contributed by atoms with Crippen LogP contribution < -0.4 is 0 Å². The Morgan fingerprint density at radius 2 is 1.61 bits per heavy atom. The van der Waals surface area contributed by atoms with E-state index < -0.39 is 10.0 Å². The summed E-state index contributed by atoms with van der Waals surface area (Å²) in [5.41, 5.74) is 10.9. The van der Waals surface area contributed by atoms with Crippen LogP contribution in [-0.2, 0) is 29.3 Å². The maximum Gasteiger partial charge on any atom is 0.264 e. The first-order chi connectivity index (χ1) is 8.50. The molecule has 1 aromatic rings. The molecule has 0 fully saturated rings. The van der Waals surface area contributed by atoms with Crippen molar-refractivity contribution in [1.29, 1.82) is 0 Å². The van der Waals surface area contributed by atoms with Gasteiger partial charge in [0.05, 0.1) is 4.90 Å². The van der Waals surface area contributed by atoms with Crippen LogP contribution in [0.1, 0.15) is 37.5 Å². The van der Waals surface area contributed by atoms with E-state index in [4.69, 9.17) is 5.53 Å². The number of aryl methyl sites for hydroxylation is 3. The van der Waals surface area contributed by atoms with Crippen LogP contribution in [0.3, 0.4) is 0 Å². The first-order valence-corrected chi connectivity index (χ1v) is 7.40. The molecule has 0 aliphatic carbocycles. The summed E-state index contributed by atoms with van der Waals surface area (Å²) in [6.07, 6.45) is 2.04. The highest BCUT2D eigenvalue weighted by Gasteiger charge is 2.20. The summed E-state index contributed by atoms with van der Waals surface area (Å²) in [7, 11) is -3.91. The molecule has 98 valence electrons. The largest absolute Gasteiger partial charge is 0.264 e. The van der Waals surface area contributed by atoms with Crippen LogP contribution >= 0.6 is 0 Å². The third kappa shape index (κ3) is 2.83. The minimum atomic E-state index is -3.91. The minimum Gasteiger partial charge on any atom is -0.216 e. The van der Waals surface area contributed by atoms with E-state index in [1.807, 2.05) is 32.9 Å². The molecule has 5 nitrogen and oxygen atoms in total. The van der Waals surface area contributed by atoms with Gasteiger partial charge in [-0.15, -0.1) is 0 Å². The second-order valence-electron chi connectivity index (χ2n) is 3.95. The van der Waals surface area contributed by atoms with Crippen molar-refractivity contribution in [3.05, 3.63) is 39.3 Å². The van der Waals surface area contributed by atoms with Gasteiger partial charge in [-0.05, 0) is 41.5 Å². The quantitative estimate of drug-likeness (QED) is 0.465. The number of hydrogen-bond donors (Lipinski definition) is 0. The zero-order valence-corrected chi connectivity index (χ0v) is 11.7. The molecule has 0 atom stereocenters. The fraction of sp³-hybridized carbons (Fsp3) is 0.500. The number of benzene rings is 1. The van der Waals surface area contributed by atoms with Crippen LogP contribution in [0.5, 0.6) is 0 Å². The van der Waals surface area contributed by atoms with Gasteiger partial charge in [0.15, 0.2) is 0 Å². The molecule has 0 bridgehead atoms. The van der Waals surface area contributed by atoms with E-state index in [0.29, 0.717) is 12.8 Å². The van der Waals surface area contributed by atoms with Gasteiger partial charge in [-0.3, -0.25) is 0 Å². The van der Waals surface area contributed by atoms with Crippen molar-refractivity contribution in [2.45, 2.75) is 44.9 Å². The predicted octanol–water partition coefficient (Wildman–Crippen LogP) is 3.37. The number of sulfonamides is 1. The van der Waals surface area contributed by atoms with Crippen LogP contribution in [0.15, 0.2) is 21.5 Å². The normalized spacial score (nSPS) is 11.1. The molecule has 1 rings (SSSR count). The molecule has 0 heterocycles. The Kier molecular flexibility index (Phi) is 4.76. The van der Waals surface area contributed by atoms with E-state index in [1.54, 1.807) is 0 Å². The van der Waals surface area contributed by atoms with Crippen molar-refractivity contribution < 1.29 is 8.42 Å². The summed E-state index contributed by atoms with van der Waals surface area (Å²) < 4.78 is 26.9. The Bertz CT molecular complexity index is 562. The van der Waals surface area contributed by atoms with Crippen LogP contribution in [0.25, 0.3) is 10.4 Å². The lowest BCUT2D eigenvalue weighted by atomic mass is 10.0. The van der Waals surface area contributed by atoms with Gasteiger partial charge in [0, 0.05) is 9.43 Å². The van der Waals surface area contributed by atoms with Gasteiger partial charge in [-0.1, -0.05) is 32.9 Å². The SMILES string of the molecule is CCc1cc(CC)c(S(=O)(=O)N=[N+]=[N-])c(CC)c1. The van der Waals surface area contributed by atoms with Gasteiger partial charge in [0.25, 0.3) is 10.0 Å². The topological polar surface area (TPSA) is 82.9 Å². The smallest absolute Gasteiger partial charge is 0.216 e. The fourth-order valence-corrected chi connectivity index (χ4v) is 3.22. The molecule has 0 aliphatic heterocycles. The maximum atomic E-state index is 12.0. The van der Waals surface area contributed by atoms with E-state index in [0.717, 1.165) is 23.1 Å². The summed E-state index contributed by atoms with van der Waals surface area (Å²) in [6, 6.07) is 3.75. The van der Waals surface area contributed by atoms with Crippen LogP contribution in [0.2, 0.25) is 0 Å². The Hall–Kier alpha value is -1.52. The molecule has 0 aromatic heterocycles. The lowest BCUT2D eigenvalue weighted by Crippen LogP contribution is -2.06. The summed E-state index contributed by atoms with van der Waals surface area (Å²) in [6.45, 7) is 5.81. The standard InChI is InChI=1S/C12H17N3O2S/c1-4-9-7-10(5-2)12(11(6-3)8-9)18(16,17)15-14-13/h7-8H,4-6H2,1-3H3. The molecule has 0 amide bonds. The van der Waals surface area contributed by atoms with Crippen LogP contribution in [0.4, 0.5) is 0 Å². The van der Waals surface area contributed by atoms with Crippen LogP contribution in [0, 0.1) is 0 Å². The molecule has 0 unspecified atom stereocenters. The lowest BCUT2D eigenvalue weighted by Gasteiger charge is -2.13. The number of hydrogen-bond acceptors (Lipinski definition) is 2. The molecule has 0 aliphatic rings. The number of azide groups is 1. The minimum absolute atomic E-state index is 0.183. The zero-order valence-electron chi connectivity index (χ0n) is 10.8. The number of nitrogens with zero attached hydrogens (tertiary/aromatic N) is 3. The summed E-state index contributed by atoms with van der Waals surface area (Å²) >= 11 is 0. The van der Waals surface area contributed by atoms with Crippen molar-refractivity contribution in [2.24, 2.45) is 4.52 Å². The monoisotopic (exact) mass is 267 g/mol. The predicted molar refractivity (Wildman–Crippen MR) is 70.9 cm³/mol. The highest BCUT2D eigenvalue weighted by molar-refractivity contribution is 7.90.